The third kappa shape index (κ3) is 3.74. The smallest absolute Gasteiger partial charge is 0.268 e. The molecule has 0 aliphatic rings. The summed E-state index contributed by atoms with van der Waals surface area (Å²) in [6, 6.07) is 1.49. The number of carbonyl (C=O) groups is 2. The highest BCUT2D eigenvalue weighted by Crippen LogP contribution is 2.15. The second-order valence-electron chi connectivity index (χ2n) is 4.73. The fraction of sp³-hybridized carbons (Fsp3) is 0.538. The summed E-state index contributed by atoms with van der Waals surface area (Å²) in [7, 11) is 1.70. The van der Waals surface area contributed by atoms with E-state index in [-0.39, 0.29) is 18.3 Å². The summed E-state index contributed by atoms with van der Waals surface area (Å²) < 4.78 is 1.59. The number of primary amides is 1. The normalized spacial score (nSPS) is 10.8. The van der Waals surface area contributed by atoms with E-state index in [0.717, 1.165) is 12.8 Å². The van der Waals surface area contributed by atoms with E-state index in [0.29, 0.717) is 17.8 Å². The van der Waals surface area contributed by atoms with Crippen molar-refractivity contribution in [3.63, 3.8) is 0 Å². The van der Waals surface area contributed by atoms with Gasteiger partial charge in [-0.25, -0.2) is 0 Å². The summed E-state index contributed by atoms with van der Waals surface area (Å²) in [5, 5.41) is 2.95. The monoisotopic (exact) mass is 302 g/mol. The average molecular weight is 303 g/mol. The SMILES string of the molecule is CCC(CC)(CN)NC(=O)c1cc(C(N)=O)cn1C.Cl. The van der Waals surface area contributed by atoms with Crippen LogP contribution in [0.5, 0.6) is 0 Å². The number of nitrogens with one attached hydrogen (secondary N) is 1. The summed E-state index contributed by atoms with van der Waals surface area (Å²) in [5.41, 5.74) is 11.3. The molecule has 0 saturated heterocycles. The summed E-state index contributed by atoms with van der Waals surface area (Å²) in [4.78, 5) is 23.4. The van der Waals surface area contributed by atoms with Crippen LogP contribution in [0.3, 0.4) is 0 Å². The largest absolute Gasteiger partial charge is 0.366 e. The zero-order valence-corrected chi connectivity index (χ0v) is 12.9. The van der Waals surface area contributed by atoms with Crippen molar-refractivity contribution < 1.29 is 9.59 Å². The fourth-order valence-electron chi connectivity index (χ4n) is 2.00. The minimum Gasteiger partial charge on any atom is -0.366 e. The zero-order chi connectivity index (χ0) is 14.6. The minimum atomic E-state index is -0.550. The molecule has 1 aromatic rings. The van der Waals surface area contributed by atoms with Crippen LogP contribution in [-0.4, -0.2) is 28.5 Å². The van der Waals surface area contributed by atoms with Gasteiger partial charge in [-0.05, 0) is 18.9 Å². The number of nitrogens with two attached hydrogens (primary N) is 2. The molecule has 0 fully saturated rings. The van der Waals surface area contributed by atoms with Gasteiger partial charge in [-0.15, -0.1) is 12.4 Å². The number of hydrogen-bond acceptors (Lipinski definition) is 3. The maximum Gasteiger partial charge on any atom is 0.268 e. The van der Waals surface area contributed by atoms with Gasteiger partial charge in [0.25, 0.3) is 5.91 Å². The van der Waals surface area contributed by atoms with Crippen LogP contribution < -0.4 is 16.8 Å². The Hall–Kier alpha value is -1.53. The van der Waals surface area contributed by atoms with Crippen LogP contribution in [0.4, 0.5) is 0 Å². The number of nitrogens with zero attached hydrogens (tertiary/aromatic N) is 1. The molecule has 1 rings (SSSR count). The summed E-state index contributed by atoms with van der Waals surface area (Å²) in [6.45, 7) is 4.34. The molecule has 114 valence electrons. The first-order valence-electron chi connectivity index (χ1n) is 6.38. The van der Waals surface area contributed by atoms with Crippen LogP contribution in [0.15, 0.2) is 12.3 Å². The molecule has 0 unspecified atom stereocenters. The predicted octanol–water partition coefficient (Wildman–Crippen LogP) is 0.793. The van der Waals surface area contributed by atoms with E-state index in [2.05, 4.69) is 5.32 Å². The summed E-state index contributed by atoms with van der Waals surface area (Å²) in [6.07, 6.45) is 3.04. The molecule has 0 saturated carbocycles. The van der Waals surface area contributed by atoms with Gasteiger partial charge in [-0.2, -0.15) is 0 Å². The van der Waals surface area contributed by atoms with Gasteiger partial charge in [0.05, 0.1) is 11.1 Å². The molecule has 0 atom stereocenters. The molecule has 0 aromatic carbocycles. The highest BCUT2D eigenvalue weighted by molar-refractivity contribution is 5.99. The van der Waals surface area contributed by atoms with E-state index >= 15 is 0 Å². The van der Waals surface area contributed by atoms with E-state index < -0.39 is 11.4 Å². The molecule has 20 heavy (non-hydrogen) atoms. The van der Waals surface area contributed by atoms with Crippen LogP contribution in [-0.2, 0) is 7.05 Å². The number of carbonyl (C=O) groups excluding carboxylic acids is 2. The van der Waals surface area contributed by atoms with Crippen LogP contribution in [0.2, 0.25) is 0 Å². The Labute approximate surface area is 125 Å². The van der Waals surface area contributed by atoms with E-state index in [9.17, 15) is 9.59 Å². The van der Waals surface area contributed by atoms with Crippen molar-refractivity contribution in [1.29, 1.82) is 0 Å². The lowest BCUT2D eigenvalue weighted by Crippen LogP contribution is -2.53. The molecule has 5 N–H and O–H groups in total. The third-order valence-corrected chi connectivity index (χ3v) is 3.65. The first-order valence-corrected chi connectivity index (χ1v) is 6.38. The lowest BCUT2D eigenvalue weighted by molar-refractivity contribution is 0.0886. The van der Waals surface area contributed by atoms with Crippen molar-refractivity contribution in [1.82, 2.24) is 9.88 Å². The lowest BCUT2D eigenvalue weighted by Gasteiger charge is -2.31. The standard InChI is InChI=1S/C13H22N4O2.ClH/c1-4-13(5-2,8-14)16-12(19)10-6-9(11(15)18)7-17(10)3;/h6-7H,4-5,8,14H2,1-3H3,(H2,15,18)(H,16,19);1H. The molecule has 2 amide bonds. The first-order chi connectivity index (χ1) is 8.89. The van der Waals surface area contributed by atoms with Crippen LogP contribution in [0, 0.1) is 0 Å². The molecule has 0 aliphatic carbocycles. The highest BCUT2D eigenvalue weighted by Gasteiger charge is 2.28. The number of amides is 2. The molecular formula is C13H23ClN4O2. The second kappa shape index (κ2) is 7.31. The Balaban J connectivity index is 0.00000361. The Morgan fingerprint density at radius 2 is 1.90 bits per heavy atom. The Morgan fingerprint density at radius 3 is 2.25 bits per heavy atom. The van der Waals surface area contributed by atoms with Crippen molar-refractivity contribution in [2.75, 3.05) is 6.54 Å². The fourth-order valence-corrected chi connectivity index (χ4v) is 2.00. The van der Waals surface area contributed by atoms with Crippen molar-refractivity contribution >= 4 is 24.2 Å². The Bertz CT molecular complexity index is 472. The minimum absolute atomic E-state index is 0. The number of aromatic nitrogens is 1. The van der Waals surface area contributed by atoms with Crippen molar-refractivity contribution in [3.8, 4) is 0 Å². The molecule has 6 nitrogen and oxygen atoms in total. The van der Waals surface area contributed by atoms with Crippen LogP contribution >= 0.6 is 12.4 Å². The van der Waals surface area contributed by atoms with Gasteiger partial charge in [-0.3, -0.25) is 9.59 Å². The number of rotatable bonds is 6. The molecule has 0 radical (unpaired) electrons. The average Bonchev–Trinajstić information content (AvgIpc) is 2.78. The van der Waals surface area contributed by atoms with Gasteiger partial charge < -0.3 is 21.4 Å². The first kappa shape index (κ1) is 18.5. The third-order valence-electron chi connectivity index (χ3n) is 3.65. The molecule has 0 spiro atoms. The van der Waals surface area contributed by atoms with Crippen molar-refractivity contribution in [2.24, 2.45) is 18.5 Å². The van der Waals surface area contributed by atoms with E-state index in [1.165, 1.54) is 6.07 Å². The highest BCUT2D eigenvalue weighted by atomic mass is 35.5. The predicted molar refractivity (Wildman–Crippen MR) is 81.0 cm³/mol. The lowest BCUT2D eigenvalue weighted by atomic mass is 9.93. The zero-order valence-electron chi connectivity index (χ0n) is 12.1. The molecule has 1 aromatic heterocycles. The quantitative estimate of drug-likeness (QED) is 0.724. The number of hydrogen-bond donors (Lipinski definition) is 3. The molecular weight excluding hydrogens is 280 g/mol. The molecule has 7 heteroatoms. The van der Waals surface area contributed by atoms with Gasteiger partial charge in [0.2, 0.25) is 5.91 Å². The van der Waals surface area contributed by atoms with Gasteiger partial charge in [0.15, 0.2) is 0 Å². The van der Waals surface area contributed by atoms with E-state index in [1.54, 1.807) is 17.8 Å². The van der Waals surface area contributed by atoms with E-state index in [4.69, 9.17) is 11.5 Å². The Kier molecular flexibility index (Phi) is 6.75. The topological polar surface area (TPSA) is 103 Å². The van der Waals surface area contributed by atoms with Gasteiger partial charge in [0, 0.05) is 19.8 Å². The molecule has 0 aliphatic heterocycles. The van der Waals surface area contributed by atoms with Gasteiger partial charge in [0.1, 0.15) is 5.69 Å². The summed E-state index contributed by atoms with van der Waals surface area (Å²) >= 11 is 0. The number of aryl methyl sites for hydroxylation is 1. The second-order valence-corrected chi connectivity index (χ2v) is 4.73. The maximum atomic E-state index is 12.3. The van der Waals surface area contributed by atoms with Crippen molar-refractivity contribution in [3.05, 3.63) is 23.5 Å². The Morgan fingerprint density at radius 1 is 1.35 bits per heavy atom. The molecule has 0 bridgehead atoms. The van der Waals surface area contributed by atoms with Crippen LogP contribution in [0.1, 0.15) is 47.5 Å². The van der Waals surface area contributed by atoms with Gasteiger partial charge >= 0.3 is 0 Å². The number of halogens is 1. The van der Waals surface area contributed by atoms with E-state index in [1.807, 2.05) is 13.8 Å². The van der Waals surface area contributed by atoms with Crippen molar-refractivity contribution in [2.45, 2.75) is 32.2 Å². The summed E-state index contributed by atoms with van der Waals surface area (Å²) in [5.74, 6) is -0.796. The van der Waals surface area contributed by atoms with Gasteiger partial charge in [-0.1, -0.05) is 13.8 Å². The maximum absolute atomic E-state index is 12.3. The molecule has 1 heterocycles. The van der Waals surface area contributed by atoms with Crippen LogP contribution in [0.25, 0.3) is 0 Å².